The number of carbonyl (C=O) groups excluding carboxylic acids is 1. The summed E-state index contributed by atoms with van der Waals surface area (Å²) >= 11 is 12.0. The van der Waals surface area contributed by atoms with E-state index < -0.39 is 28.8 Å². The van der Waals surface area contributed by atoms with E-state index in [2.05, 4.69) is 0 Å². The molecule has 0 saturated heterocycles. The number of hydrogen-bond donors (Lipinski definition) is 1. The smallest absolute Gasteiger partial charge is 0.409 e. The summed E-state index contributed by atoms with van der Waals surface area (Å²) in [6.07, 6.45) is -0.533. The summed E-state index contributed by atoms with van der Waals surface area (Å²) < 4.78 is 33.6. The molecule has 0 aliphatic heterocycles. The zero-order chi connectivity index (χ0) is 23.2. The molecule has 0 fully saturated rings. The second-order valence-corrected chi connectivity index (χ2v) is 9.47. The number of nitrogens with zero attached hydrogens (tertiary/aromatic N) is 2. The number of halogens is 2. The van der Waals surface area contributed by atoms with Gasteiger partial charge in [0.25, 0.3) is 10.0 Å². The third-order valence-electron chi connectivity index (χ3n) is 4.70. The monoisotopic (exact) mass is 488 g/mol. The molecule has 2 rings (SSSR count). The quantitative estimate of drug-likeness (QED) is 0.559. The highest BCUT2D eigenvalue weighted by Gasteiger charge is 2.32. The van der Waals surface area contributed by atoms with Crippen molar-refractivity contribution < 1.29 is 23.1 Å². The Bertz CT molecular complexity index is 995. The molecule has 10 heteroatoms. The lowest BCUT2D eigenvalue weighted by atomic mass is 10.1. The first-order valence-corrected chi connectivity index (χ1v) is 12.0. The van der Waals surface area contributed by atoms with Gasteiger partial charge in [-0.25, -0.2) is 13.2 Å². The Morgan fingerprint density at radius 1 is 1.06 bits per heavy atom. The Morgan fingerprint density at radius 2 is 1.65 bits per heavy atom. The molecule has 2 aromatic carbocycles. The van der Waals surface area contributed by atoms with Crippen molar-refractivity contribution in [2.24, 2.45) is 0 Å². The summed E-state index contributed by atoms with van der Waals surface area (Å²) in [5, 5.41) is 10.5. The molecule has 7 nitrogen and oxygen atoms in total. The lowest BCUT2D eigenvalue weighted by Gasteiger charge is -2.32. The van der Waals surface area contributed by atoms with Crippen LogP contribution >= 0.6 is 23.2 Å². The summed E-state index contributed by atoms with van der Waals surface area (Å²) in [6, 6.07) is 9.52. The van der Waals surface area contributed by atoms with Crippen LogP contribution in [0, 0.1) is 0 Å². The SMILES string of the molecule is CCN(CC)C(=O)OC[C@H](C)N(c1cc(Cl)ccc1CO)S(=O)(=O)c1ccc(Cl)cc1. The molecule has 0 radical (unpaired) electrons. The van der Waals surface area contributed by atoms with E-state index in [1.54, 1.807) is 19.1 Å². The van der Waals surface area contributed by atoms with Gasteiger partial charge in [0, 0.05) is 28.7 Å². The number of rotatable bonds is 9. The highest BCUT2D eigenvalue weighted by Crippen LogP contribution is 2.32. The number of anilines is 1. The van der Waals surface area contributed by atoms with Crippen LogP contribution in [0.4, 0.5) is 10.5 Å². The molecule has 31 heavy (non-hydrogen) atoms. The standard InChI is InChI=1S/C21H26Cl2N2O5S/c1-4-24(5-2)21(27)30-14-15(3)25(20-12-18(23)7-6-16(20)13-26)31(28,29)19-10-8-17(22)9-11-19/h6-12,15,26H,4-5,13-14H2,1-3H3/t15-/m0/s1. The minimum absolute atomic E-state index is 0.00249. The molecule has 0 heterocycles. The summed E-state index contributed by atoms with van der Waals surface area (Å²) in [4.78, 5) is 13.8. The van der Waals surface area contributed by atoms with Crippen molar-refractivity contribution in [1.29, 1.82) is 0 Å². The van der Waals surface area contributed by atoms with Crippen molar-refractivity contribution in [1.82, 2.24) is 4.90 Å². The molecular formula is C21H26Cl2N2O5S. The lowest BCUT2D eigenvalue weighted by Crippen LogP contribution is -2.43. The van der Waals surface area contributed by atoms with E-state index in [-0.39, 0.29) is 17.2 Å². The van der Waals surface area contributed by atoms with Crippen molar-refractivity contribution in [2.45, 2.75) is 38.3 Å². The molecule has 0 bridgehead atoms. The molecule has 1 N–H and O–H groups in total. The normalized spacial score (nSPS) is 12.3. The number of ether oxygens (including phenoxy) is 1. The van der Waals surface area contributed by atoms with Crippen LogP contribution in [0.15, 0.2) is 47.4 Å². The van der Waals surface area contributed by atoms with Crippen LogP contribution in [-0.2, 0) is 21.4 Å². The predicted octanol–water partition coefficient (Wildman–Crippen LogP) is 4.55. The lowest BCUT2D eigenvalue weighted by molar-refractivity contribution is 0.102. The first-order chi connectivity index (χ1) is 14.6. The van der Waals surface area contributed by atoms with Crippen molar-refractivity contribution in [3.63, 3.8) is 0 Å². The van der Waals surface area contributed by atoms with Crippen molar-refractivity contribution >= 4 is 45.0 Å². The van der Waals surface area contributed by atoms with E-state index in [1.165, 1.54) is 35.2 Å². The molecule has 1 amide bonds. The molecule has 0 aliphatic rings. The average Bonchev–Trinajstić information content (AvgIpc) is 2.73. The average molecular weight is 489 g/mol. The molecule has 0 spiro atoms. The van der Waals surface area contributed by atoms with Crippen LogP contribution in [0.25, 0.3) is 0 Å². The molecule has 0 aliphatic carbocycles. The number of benzene rings is 2. The van der Waals surface area contributed by atoms with E-state index in [0.717, 1.165) is 4.31 Å². The minimum Gasteiger partial charge on any atom is -0.447 e. The van der Waals surface area contributed by atoms with E-state index >= 15 is 0 Å². The maximum absolute atomic E-state index is 13.6. The fourth-order valence-corrected chi connectivity index (χ4v) is 5.00. The fourth-order valence-electron chi connectivity index (χ4n) is 3.03. The van der Waals surface area contributed by atoms with E-state index in [0.29, 0.717) is 28.7 Å². The number of aliphatic hydroxyl groups is 1. The molecule has 170 valence electrons. The number of amides is 1. The number of aliphatic hydroxyl groups excluding tert-OH is 1. The highest BCUT2D eigenvalue weighted by molar-refractivity contribution is 7.92. The summed E-state index contributed by atoms with van der Waals surface area (Å²) in [5.74, 6) is 0. The van der Waals surface area contributed by atoms with Gasteiger partial charge in [0.15, 0.2) is 0 Å². The molecule has 2 aromatic rings. The van der Waals surface area contributed by atoms with E-state index in [1.807, 2.05) is 13.8 Å². The third kappa shape index (κ3) is 6.04. The molecule has 0 aromatic heterocycles. The maximum atomic E-state index is 13.6. The molecule has 0 saturated carbocycles. The largest absolute Gasteiger partial charge is 0.447 e. The first-order valence-electron chi connectivity index (χ1n) is 9.76. The van der Waals surface area contributed by atoms with Gasteiger partial charge in [0.1, 0.15) is 6.61 Å². The van der Waals surface area contributed by atoms with Gasteiger partial charge in [0.2, 0.25) is 0 Å². The van der Waals surface area contributed by atoms with Crippen LogP contribution in [0.1, 0.15) is 26.3 Å². The maximum Gasteiger partial charge on any atom is 0.409 e. The second-order valence-electron chi connectivity index (χ2n) is 6.78. The van der Waals surface area contributed by atoms with Gasteiger partial charge >= 0.3 is 6.09 Å². The Morgan fingerprint density at radius 3 is 2.19 bits per heavy atom. The summed E-state index contributed by atoms with van der Waals surface area (Å²) in [7, 11) is -4.10. The van der Waals surface area contributed by atoms with Crippen molar-refractivity contribution in [2.75, 3.05) is 24.0 Å². The molecule has 0 unspecified atom stereocenters. The summed E-state index contributed by atoms with van der Waals surface area (Å²) in [6.45, 7) is 5.62. The Labute approximate surface area is 193 Å². The van der Waals surface area contributed by atoms with Crippen molar-refractivity contribution in [3.05, 3.63) is 58.1 Å². The number of sulfonamides is 1. The third-order valence-corrected chi connectivity index (χ3v) is 7.12. The zero-order valence-corrected chi connectivity index (χ0v) is 19.9. The van der Waals surface area contributed by atoms with Gasteiger partial charge in [0.05, 0.1) is 23.2 Å². The van der Waals surface area contributed by atoms with Crippen LogP contribution < -0.4 is 4.31 Å². The Kier molecular flexibility index (Phi) is 9.00. The summed E-state index contributed by atoms with van der Waals surface area (Å²) in [5.41, 5.74) is 0.570. The molecule has 1 atom stereocenters. The van der Waals surface area contributed by atoms with E-state index in [9.17, 15) is 18.3 Å². The van der Waals surface area contributed by atoms with Crippen LogP contribution in [0.2, 0.25) is 10.0 Å². The van der Waals surface area contributed by atoms with Crippen LogP contribution in [-0.4, -0.2) is 50.3 Å². The number of hydrogen-bond acceptors (Lipinski definition) is 5. The zero-order valence-electron chi connectivity index (χ0n) is 17.6. The van der Waals surface area contributed by atoms with Gasteiger partial charge in [-0.1, -0.05) is 29.3 Å². The van der Waals surface area contributed by atoms with Gasteiger partial charge in [-0.2, -0.15) is 0 Å². The molecular weight excluding hydrogens is 463 g/mol. The minimum atomic E-state index is -4.10. The van der Waals surface area contributed by atoms with Crippen LogP contribution in [0.3, 0.4) is 0 Å². The second kappa shape index (κ2) is 11.0. The van der Waals surface area contributed by atoms with E-state index in [4.69, 9.17) is 27.9 Å². The topological polar surface area (TPSA) is 87.2 Å². The van der Waals surface area contributed by atoms with Crippen molar-refractivity contribution in [3.8, 4) is 0 Å². The van der Waals surface area contributed by atoms with Gasteiger partial charge in [-0.3, -0.25) is 4.31 Å². The van der Waals surface area contributed by atoms with Gasteiger partial charge < -0.3 is 14.7 Å². The number of carbonyl (C=O) groups is 1. The Hall–Kier alpha value is -2.00. The first kappa shape index (κ1) is 25.3. The fraction of sp³-hybridized carbons (Fsp3) is 0.381. The van der Waals surface area contributed by atoms with Gasteiger partial charge in [-0.15, -0.1) is 0 Å². The predicted molar refractivity (Wildman–Crippen MR) is 122 cm³/mol. The van der Waals surface area contributed by atoms with Crippen LogP contribution in [0.5, 0.6) is 0 Å². The van der Waals surface area contributed by atoms with Gasteiger partial charge in [-0.05, 0) is 57.2 Å². The Balaban J connectivity index is 2.49. The highest BCUT2D eigenvalue weighted by atomic mass is 35.5.